The lowest BCUT2D eigenvalue weighted by Crippen LogP contribution is -2.52. The zero-order valence-corrected chi connectivity index (χ0v) is 14.8. The molecule has 130 valence electrons. The number of carbonyl (C=O) groups is 2. The third-order valence-corrected chi connectivity index (χ3v) is 5.38. The summed E-state index contributed by atoms with van der Waals surface area (Å²) in [5.41, 5.74) is -1.33. The molecule has 2 N–H and O–H groups in total. The first kappa shape index (κ1) is 19.2. The van der Waals surface area contributed by atoms with Crippen LogP contribution < -0.4 is 5.32 Å². The van der Waals surface area contributed by atoms with Gasteiger partial charge in [-0.3, -0.25) is 4.79 Å². The number of sulfonamides is 1. The molecule has 9 heteroatoms. The van der Waals surface area contributed by atoms with Crippen molar-refractivity contribution in [2.24, 2.45) is 7.05 Å². The summed E-state index contributed by atoms with van der Waals surface area (Å²) >= 11 is 0. The Hall–Kier alpha value is -1.87. The Morgan fingerprint density at radius 3 is 2.39 bits per heavy atom. The molecular formula is C14H23N3O5S. The van der Waals surface area contributed by atoms with Crippen molar-refractivity contribution < 1.29 is 23.1 Å². The van der Waals surface area contributed by atoms with Gasteiger partial charge >= 0.3 is 5.97 Å². The van der Waals surface area contributed by atoms with Gasteiger partial charge in [0.25, 0.3) is 5.91 Å². The standard InChI is InChI=1S/C14H23N3O5S/c1-6-7-14(2,13(19)20)15-12(18)11-8-10(9-17(11)5)23(21,22)16(3)4/h8-9H,6-7H2,1-5H3,(H,15,18)(H,19,20). The van der Waals surface area contributed by atoms with Crippen LogP contribution in [0.5, 0.6) is 0 Å². The molecule has 0 aliphatic rings. The van der Waals surface area contributed by atoms with E-state index in [4.69, 9.17) is 0 Å². The van der Waals surface area contributed by atoms with E-state index >= 15 is 0 Å². The van der Waals surface area contributed by atoms with Crippen LogP contribution >= 0.6 is 0 Å². The smallest absolute Gasteiger partial charge is 0.329 e. The highest BCUT2D eigenvalue weighted by molar-refractivity contribution is 7.89. The Kier molecular flexibility index (Phi) is 5.60. The Balaban J connectivity index is 3.16. The first-order chi connectivity index (χ1) is 10.5. The monoisotopic (exact) mass is 345 g/mol. The van der Waals surface area contributed by atoms with E-state index in [1.54, 1.807) is 0 Å². The molecule has 23 heavy (non-hydrogen) atoms. The molecule has 0 saturated carbocycles. The molecule has 1 aromatic heterocycles. The number of aliphatic carboxylic acids is 1. The molecule has 0 fully saturated rings. The van der Waals surface area contributed by atoms with E-state index in [0.29, 0.717) is 6.42 Å². The number of hydrogen-bond acceptors (Lipinski definition) is 4. The van der Waals surface area contributed by atoms with Gasteiger partial charge in [-0.2, -0.15) is 0 Å². The van der Waals surface area contributed by atoms with Crippen LogP contribution in [-0.4, -0.2) is 53.9 Å². The molecule has 8 nitrogen and oxygen atoms in total. The maximum atomic E-state index is 12.4. The Labute approximate surface area is 136 Å². The van der Waals surface area contributed by atoms with E-state index in [9.17, 15) is 23.1 Å². The molecule has 1 amide bonds. The maximum absolute atomic E-state index is 12.4. The Morgan fingerprint density at radius 2 is 1.96 bits per heavy atom. The Morgan fingerprint density at radius 1 is 1.39 bits per heavy atom. The topological polar surface area (TPSA) is 109 Å². The molecular weight excluding hydrogens is 322 g/mol. The largest absolute Gasteiger partial charge is 0.480 e. The van der Waals surface area contributed by atoms with E-state index in [1.807, 2.05) is 6.92 Å². The fourth-order valence-corrected chi connectivity index (χ4v) is 3.12. The van der Waals surface area contributed by atoms with Crippen molar-refractivity contribution in [1.82, 2.24) is 14.2 Å². The zero-order valence-electron chi connectivity index (χ0n) is 14.0. The molecule has 1 rings (SSSR count). The maximum Gasteiger partial charge on any atom is 0.329 e. The van der Waals surface area contributed by atoms with Crippen LogP contribution in [0.1, 0.15) is 37.2 Å². The van der Waals surface area contributed by atoms with E-state index in [2.05, 4.69) is 5.32 Å². The summed E-state index contributed by atoms with van der Waals surface area (Å²) in [6.45, 7) is 3.24. The third kappa shape index (κ3) is 3.91. The van der Waals surface area contributed by atoms with Crippen LogP contribution in [0, 0.1) is 0 Å². The molecule has 0 aromatic carbocycles. The molecule has 0 bridgehead atoms. The lowest BCUT2D eigenvalue weighted by Gasteiger charge is -2.25. The number of carbonyl (C=O) groups excluding carboxylic acids is 1. The van der Waals surface area contributed by atoms with Crippen LogP contribution in [0.2, 0.25) is 0 Å². The van der Waals surface area contributed by atoms with Gasteiger partial charge in [-0.05, 0) is 19.4 Å². The SMILES string of the molecule is CCCC(C)(NC(=O)c1cc(S(=O)(=O)N(C)C)cn1C)C(=O)O. The number of nitrogens with one attached hydrogen (secondary N) is 1. The minimum absolute atomic E-state index is 0.0253. The Bertz CT molecular complexity index is 708. The number of aryl methyl sites for hydroxylation is 1. The summed E-state index contributed by atoms with van der Waals surface area (Å²) in [5, 5.41) is 11.8. The first-order valence-electron chi connectivity index (χ1n) is 7.10. The van der Waals surface area contributed by atoms with Gasteiger partial charge in [0.1, 0.15) is 16.1 Å². The van der Waals surface area contributed by atoms with Gasteiger partial charge in [0.05, 0.1) is 0 Å². The number of amides is 1. The fourth-order valence-electron chi connectivity index (χ4n) is 2.15. The highest BCUT2D eigenvalue weighted by Gasteiger charge is 2.35. The predicted molar refractivity (Wildman–Crippen MR) is 84.7 cm³/mol. The number of carboxylic acid groups (broad SMARTS) is 1. The van der Waals surface area contributed by atoms with Gasteiger partial charge in [0.15, 0.2) is 0 Å². The quantitative estimate of drug-likeness (QED) is 0.754. The number of hydrogen-bond donors (Lipinski definition) is 2. The van der Waals surface area contributed by atoms with Crippen LogP contribution in [-0.2, 0) is 21.9 Å². The molecule has 0 spiro atoms. The van der Waals surface area contributed by atoms with E-state index in [0.717, 1.165) is 4.31 Å². The van der Waals surface area contributed by atoms with Crippen molar-refractivity contribution in [3.63, 3.8) is 0 Å². The van der Waals surface area contributed by atoms with E-state index in [1.165, 1.54) is 44.9 Å². The summed E-state index contributed by atoms with van der Waals surface area (Å²) in [7, 11) is 0.650. The number of nitrogens with zero attached hydrogens (tertiary/aromatic N) is 2. The number of carboxylic acids is 1. The van der Waals surface area contributed by atoms with Gasteiger partial charge in [-0.25, -0.2) is 17.5 Å². The van der Waals surface area contributed by atoms with E-state index in [-0.39, 0.29) is 17.0 Å². The summed E-state index contributed by atoms with van der Waals surface area (Å²) in [5.74, 6) is -1.77. The van der Waals surface area contributed by atoms with Gasteiger partial charge in [0.2, 0.25) is 10.0 Å². The van der Waals surface area contributed by atoms with Crippen molar-refractivity contribution in [2.45, 2.75) is 37.1 Å². The first-order valence-corrected chi connectivity index (χ1v) is 8.54. The van der Waals surface area contributed by atoms with Crippen molar-refractivity contribution >= 4 is 21.9 Å². The number of rotatable bonds is 7. The minimum Gasteiger partial charge on any atom is -0.480 e. The average molecular weight is 345 g/mol. The van der Waals surface area contributed by atoms with Crippen LogP contribution in [0.4, 0.5) is 0 Å². The molecule has 0 aliphatic carbocycles. The molecule has 1 unspecified atom stereocenters. The molecule has 1 heterocycles. The van der Waals surface area contributed by atoms with Gasteiger partial charge in [-0.15, -0.1) is 0 Å². The molecule has 0 radical (unpaired) electrons. The van der Waals surface area contributed by atoms with Gasteiger partial charge < -0.3 is 15.0 Å². The number of aromatic nitrogens is 1. The highest BCUT2D eigenvalue weighted by Crippen LogP contribution is 2.18. The molecule has 0 saturated heterocycles. The fraction of sp³-hybridized carbons (Fsp3) is 0.571. The van der Waals surface area contributed by atoms with Gasteiger partial charge in [0, 0.05) is 27.3 Å². The van der Waals surface area contributed by atoms with E-state index < -0.39 is 27.4 Å². The van der Waals surface area contributed by atoms with Gasteiger partial charge in [-0.1, -0.05) is 13.3 Å². The molecule has 1 atom stereocenters. The third-order valence-electron chi connectivity index (χ3n) is 3.60. The minimum atomic E-state index is -3.67. The normalized spacial score (nSPS) is 14.5. The average Bonchev–Trinajstić information content (AvgIpc) is 2.81. The van der Waals surface area contributed by atoms with Crippen LogP contribution in [0.15, 0.2) is 17.2 Å². The van der Waals surface area contributed by atoms with Crippen molar-refractivity contribution in [3.8, 4) is 0 Å². The highest BCUT2D eigenvalue weighted by atomic mass is 32.2. The summed E-state index contributed by atoms with van der Waals surface area (Å²) < 4.78 is 26.6. The van der Waals surface area contributed by atoms with Crippen LogP contribution in [0.3, 0.4) is 0 Å². The molecule has 0 aliphatic heterocycles. The second-order valence-electron chi connectivity index (χ2n) is 5.80. The summed E-state index contributed by atoms with van der Waals surface area (Å²) in [6.07, 6.45) is 2.17. The summed E-state index contributed by atoms with van der Waals surface area (Å²) in [6, 6.07) is 1.24. The van der Waals surface area contributed by atoms with Crippen molar-refractivity contribution in [1.29, 1.82) is 0 Å². The summed E-state index contributed by atoms with van der Waals surface area (Å²) in [4.78, 5) is 23.7. The predicted octanol–water partition coefficient (Wildman–Crippen LogP) is 0.649. The lowest BCUT2D eigenvalue weighted by molar-refractivity contribution is -0.144. The van der Waals surface area contributed by atoms with Crippen molar-refractivity contribution in [2.75, 3.05) is 14.1 Å². The second-order valence-corrected chi connectivity index (χ2v) is 7.95. The molecule has 1 aromatic rings. The second kappa shape index (κ2) is 6.71. The lowest BCUT2D eigenvalue weighted by atomic mass is 9.96. The zero-order chi connectivity index (χ0) is 18.0. The van der Waals surface area contributed by atoms with Crippen LogP contribution in [0.25, 0.3) is 0 Å². The van der Waals surface area contributed by atoms with Crippen molar-refractivity contribution in [3.05, 3.63) is 18.0 Å².